The first-order chi connectivity index (χ1) is 7.58. The minimum atomic E-state index is 0.595. The molecule has 0 radical (unpaired) electrons. The Morgan fingerprint density at radius 3 is 2.62 bits per heavy atom. The Morgan fingerprint density at radius 2 is 2.12 bits per heavy atom. The van der Waals surface area contributed by atoms with Crippen molar-refractivity contribution >= 4 is 11.3 Å². The molecule has 0 saturated carbocycles. The summed E-state index contributed by atoms with van der Waals surface area (Å²) in [5.41, 5.74) is 0. The number of nitrogens with zero attached hydrogens (tertiary/aromatic N) is 1. The van der Waals surface area contributed by atoms with Crippen molar-refractivity contribution < 1.29 is 0 Å². The third-order valence-electron chi connectivity index (χ3n) is 2.49. The smallest absolute Gasteiger partial charge is 0.0302 e. The minimum absolute atomic E-state index is 0.595. The van der Waals surface area contributed by atoms with Crippen molar-refractivity contribution in [2.75, 3.05) is 20.6 Å². The van der Waals surface area contributed by atoms with Crippen LogP contribution in [0.1, 0.15) is 25.1 Å². The van der Waals surface area contributed by atoms with Crippen LogP contribution in [0.15, 0.2) is 17.5 Å². The van der Waals surface area contributed by atoms with Crippen molar-refractivity contribution in [2.24, 2.45) is 5.92 Å². The molecular weight excluding hydrogens is 216 g/mol. The molecule has 0 bridgehead atoms. The van der Waals surface area contributed by atoms with Crippen LogP contribution in [-0.2, 0) is 6.54 Å². The standard InChI is InChI=1S/C13H24N2S/c1-11(2)8-12(10-15(3)4)14-9-13-6-5-7-16-13/h5-7,11-12,14H,8-10H2,1-4H3. The van der Waals surface area contributed by atoms with Gasteiger partial charge in [0.2, 0.25) is 0 Å². The van der Waals surface area contributed by atoms with E-state index in [1.54, 1.807) is 0 Å². The Morgan fingerprint density at radius 1 is 1.38 bits per heavy atom. The summed E-state index contributed by atoms with van der Waals surface area (Å²) in [6.07, 6.45) is 1.24. The molecule has 1 aromatic heterocycles. The van der Waals surface area contributed by atoms with Crippen LogP contribution in [-0.4, -0.2) is 31.6 Å². The van der Waals surface area contributed by atoms with Crippen LogP contribution in [0.25, 0.3) is 0 Å². The summed E-state index contributed by atoms with van der Waals surface area (Å²) in [6.45, 7) is 6.69. The van der Waals surface area contributed by atoms with E-state index in [2.05, 4.69) is 55.7 Å². The Balaban J connectivity index is 2.37. The third kappa shape index (κ3) is 5.64. The topological polar surface area (TPSA) is 15.3 Å². The molecule has 0 saturated heterocycles. The maximum absolute atomic E-state index is 3.65. The zero-order chi connectivity index (χ0) is 12.0. The maximum atomic E-state index is 3.65. The predicted molar refractivity (Wildman–Crippen MR) is 73.0 cm³/mol. The second-order valence-electron chi connectivity index (χ2n) is 5.05. The van der Waals surface area contributed by atoms with Crippen LogP contribution in [0, 0.1) is 5.92 Å². The molecule has 0 aromatic carbocycles. The maximum Gasteiger partial charge on any atom is 0.0302 e. The fourth-order valence-electron chi connectivity index (χ4n) is 1.89. The lowest BCUT2D eigenvalue weighted by Gasteiger charge is -2.23. The first-order valence-corrected chi connectivity index (χ1v) is 6.86. The Bertz CT molecular complexity index is 257. The number of nitrogens with one attached hydrogen (secondary N) is 1. The summed E-state index contributed by atoms with van der Waals surface area (Å²) in [7, 11) is 4.28. The zero-order valence-corrected chi connectivity index (χ0v) is 11.7. The Hall–Kier alpha value is -0.380. The molecule has 0 aliphatic carbocycles. The fraction of sp³-hybridized carbons (Fsp3) is 0.692. The van der Waals surface area contributed by atoms with Crippen LogP contribution in [0.4, 0.5) is 0 Å². The van der Waals surface area contributed by atoms with E-state index in [0.717, 1.165) is 19.0 Å². The zero-order valence-electron chi connectivity index (χ0n) is 10.9. The lowest BCUT2D eigenvalue weighted by atomic mass is 10.0. The largest absolute Gasteiger partial charge is 0.308 e. The number of hydrogen-bond donors (Lipinski definition) is 1. The van der Waals surface area contributed by atoms with E-state index >= 15 is 0 Å². The molecule has 0 spiro atoms. The quantitative estimate of drug-likeness (QED) is 0.788. The summed E-state index contributed by atoms with van der Waals surface area (Å²) < 4.78 is 0. The van der Waals surface area contributed by atoms with E-state index in [1.165, 1.54) is 11.3 Å². The number of likely N-dealkylation sites (N-methyl/N-ethyl adjacent to an activating group) is 1. The molecule has 2 nitrogen and oxygen atoms in total. The van der Waals surface area contributed by atoms with E-state index < -0.39 is 0 Å². The van der Waals surface area contributed by atoms with Crippen LogP contribution < -0.4 is 5.32 Å². The van der Waals surface area contributed by atoms with Gasteiger partial charge in [0, 0.05) is 24.0 Å². The van der Waals surface area contributed by atoms with Gasteiger partial charge in [-0.2, -0.15) is 0 Å². The van der Waals surface area contributed by atoms with E-state index in [-0.39, 0.29) is 0 Å². The van der Waals surface area contributed by atoms with Crippen molar-refractivity contribution in [3.63, 3.8) is 0 Å². The van der Waals surface area contributed by atoms with Gasteiger partial charge in [0.1, 0.15) is 0 Å². The van der Waals surface area contributed by atoms with Gasteiger partial charge in [-0.3, -0.25) is 0 Å². The first-order valence-electron chi connectivity index (χ1n) is 5.98. The minimum Gasteiger partial charge on any atom is -0.308 e. The number of rotatable bonds is 7. The lowest BCUT2D eigenvalue weighted by Crippen LogP contribution is -2.38. The molecule has 1 aromatic rings. The molecule has 1 atom stereocenters. The van der Waals surface area contributed by atoms with Gasteiger partial charge in [0.15, 0.2) is 0 Å². The van der Waals surface area contributed by atoms with Crippen LogP contribution in [0.3, 0.4) is 0 Å². The van der Waals surface area contributed by atoms with Gasteiger partial charge in [0.25, 0.3) is 0 Å². The van der Waals surface area contributed by atoms with Gasteiger partial charge < -0.3 is 10.2 Å². The molecule has 3 heteroatoms. The second-order valence-corrected chi connectivity index (χ2v) is 6.08. The summed E-state index contributed by atoms with van der Waals surface area (Å²) in [5.74, 6) is 0.751. The van der Waals surface area contributed by atoms with Crippen molar-refractivity contribution in [2.45, 2.75) is 32.9 Å². The van der Waals surface area contributed by atoms with Gasteiger partial charge in [0.05, 0.1) is 0 Å². The first kappa shape index (κ1) is 13.7. The molecule has 1 N–H and O–H groups in total. The summed E-state index contributed by atoms with van der Waals surface area (Å²) in [6, 6.07) is 4.90. The van der Waals surface area contributed by atoms with Gasteiger partial charge in [-0.1, -0.05) is 19.9 Å². The summed E-state index contributed by atoms with van der Waals surface area (Å²) in [4.78, 5) is 3.68. The van der Waals surface area contributed by atoms with Gasteiger partial charge in [-0.05, 0) is 37.9 Å². The fourth-order valence-corrected chi connectivity index (χ4v) is 2.55. The van der Waals surface area contributed by atoms with Crippen molar-refractivity contribution in [3.8, 4) is 0 Å². The molecule has 0 amide bonds. The van der Waals surface area contributed by atoms with E-state index in [9.17, 15) is 0 Å². The van der Waals surface area contributed by atoms with Crippen molar-refractivity contribution in [1.29, 1.82) is 0 Å². The molecule has 1 heterocycles. The number of thiophene rings is 1. The average Bonchev–Trinajstić information content (AvgIpc) is 2.64. The highest BCUT2D eigenvalue weighted by molar-refractivity contribution is 7.09. The average molecular weight is 240 g/mol. The van der Waals surface area contributed by atoms with E-state index in [1.807, 2.05) is 11.3 Å². The highest BCUT2D eigenvalue weighted by Gasteiger charge is 2.11. The molecule has 0 fully saturated rings. The van der Waals surface area contributed by atoms with Gasteiger partial charge in [-0.25, -0.2) is 0 Å². The highest BCUT2D eigenvalue weighted by atomic mass is 32.1. The molecule has 16 heavy (non-hydrogen) atoms. The number of hydrogen-bond acceptors (Lipinski definition) is 3. The summed E-state index contributed by atoms with van der Waals surface area (Å²) >= 11 is 1.83. The summed E-state index contributed by atoms with van der Waals surface area (Å²) in [5, 5.41) is 5.79. The highest BCUT2D eigenvalue weighted by Crippen LogP contribution is 2.10. The van der Waals surface area contributed by atoms with Crippen LogP contribution >= 0.6 is 11.3 Å². The predicted octanol–water partition coefficient (Wildman–Crippen LogP) is 2.81. The Kier molecular flexibility index (Phi) is 6.03. The second kappa shape index (κ2) is 7.05. The van der Waals surface area contributed by atoms with E-state index in [4.69, 9.17) is 0 Å². The monoisotopic (exact) mass is 240 g/mol. The molecule has 0 aliphatic heterocycles. The normalized spacial score (nSPS) is 13.6. The van der Waals surface area contributed by atoms with Crippen LogP contribution in [0.5, 0.6) is 0 Å². The lowest BCUT2D eigenvalue weighted by molar-refractivity contribution is 0.305. The van der Waals surface area contributed by atoms with E-state index in [0.29, 0.717) is 6.04 Å². The Labute approximate surface area is 104 Å². The molecular formula is C13H24N2S. The SMILES string of the molecule is CC(C)CC(CN(C)C)NCc1cccs1. The van der Waals surface area contributed by atoms with Gasteiger partial charge >= 0.3 is 0 Å². The molecule has 1 rings (SSSR count). The van der Waals surface area contributed by atoms with Crippen molar-refractivity contribution in [1.82, 2.24) is 10.2 Å². The van der Waals surface area contributed by atoms with Gasteiger partial charge in [-0.15, -0.1) is 11.3 Å². The molecule has 1 unspecified atom stereocenters. The van der Waals surface area contributed by atoms with Crippen molar-refractivity contribution in [3.05, 3.63) is 22.4 Å². The third-order valence-corrected chi connectivity index (χ3v) is 3.36. The molecule has 92 valence electrons. The molecule has 0 aliphatic rings. The van der Waals surface area contributed by atoms with Crippen LogP contribution in [0.2, 0.25) is 0 Å².